The van der Waals surface area contributed by atoms with Crippen molar-refractivity contribution in [1.29, 1.82) is 0 Å². The van der Waals surface area contributed by atoms with E-state index in [4.69, 9.17) is 4.74 Å². The number of piperidine rings is 1. The molecule has 2 aliphatic heterocycles. The first-order valence-corrected chi connectivity index (χ1v) is 9.82. The molecule has 1 aliphatic carbocycles. The van der Waals surface area contributed by atoms with Crippen LogP contribution in [0, 0.1) is 0 Å². The Labute approximate surface area is 149 Å². The van der Waals surface area contributed by atoms with Gasteiger partial charge < -0.3 is 15.0 Å². The lowest BCUT2D eigenvalue weighted by atomic mass is 10.0. The number of nitrogens with zero attached hydrogens (tertiary/aromatic N) is 4. The number of fused-ring (bicyclic) bond motifs is 3. The van der Waals surface area contributed by atoms with Crippen molar-refractivity contribution in [2.45, 2.75) is 76.2 Å². The number of hydrogen-bond donors (Lipinski definition) is 1. The molecule has 3 aliphatic rings. The lowest BCUT2D eigenvalue weighted by Gasteiger charge is -2.41. The van der Waals surface area contributed by atoms with Crippen molar-refractivity contribution in [1.82, 2.24) is 25.2 Å². The van der Waals surface area contributed by atoms with E-state index in [1.165, 1.54) is 25.7 Å². The normalized spacial score (nSPS) is 28.0. The first-order valence-electron chi connectivity index (χ1n) is 9.82. The second kappa shape index (κ2) is 7.83. The van der Waals surface area contributed by atoms with Crippen molar-refractivity contribution < 1.29 is 9.53 Å². The minimum Gasteiger partial charge on any atom is -0.370 e. The van der Waals surface area contributed by atoms with Crippen LogP contribution >= 0.6 is 0 Å². The first kappa shape index (κ1) is 17.0. The summed E-state index contributed by atoms with van der Waals surface area (Å²) in [5.74, 6) is 0.204. The van der Waals surface area contributed by atoms with Crippen molar-refractivity contribution in [3.8, 4) is 0 Å². The van der Waals surface area contributed by atoms with Gasteiger partial charge in [0.15, 0.2) is 0 Å². The van der Waals surface area contributed by atoms with Gasteiger partial charge in [0.05, 0.1) is 30.6 Å². The Bertz CT molecular complexity index is 582. The molecule has 1 saturated carbocycles. The van der Waals surface area contributed by atoms with E-state index in [0.29, 0.717) is 19.1 Å². The lowest BCUT2D eigenvalue weighted by molar-refractivity contribution is -0.122. The molecule has 1 saturated heterocycles. The van der Waals surface area contributed by atoms with E-state index in [2.05, 4.69) is 20.5 Å². The van der Waals surface area contributed by atoms with Crippen LogP contribution in [0.2, 0.25) is 0 Å². The SMILES string of the molecule is O=C(CCN1CC[C@@H]2OCc3cnnn3[C@H]2C1)NC1CCCCCC1. The molecule has 2 fully saturated rings. The Kier molecular flexibility index (Phi) is 5.31. The van der Waals surface area contributed by atoms with Gasteiger partial charge in [-0.25, -0.2) is 4.68 Å². The molecule has 0 bridgehead atoms. The molecule has 2 atom stereocenters. The summed E-state index contributed by atoms with van der Waals surface area (Å²) < 4.78 is 7.97. The third-order valence-corrected chi connectivity index (χ3v) is 5.89. The molecule has 138 valence electrons. The lowest BCUT2D eigenvalue weighted by Crippen LogP contribution is -2.48. The average molecular weight is 347 g/mol. The van der Waals surface area contributed by atoms with Crippen LogP contribution in [0.5, 0.6) is 0 Å². The largest absolute Gasteiger partial charge is 0.370 e. The minimum absolute atomic E-state index is 0.204. The molecular weight excluding hydrogens is 318 g/mol. The molecule has 1 aromatic rings. The maximum absolute atomic E-state index is 12.3. The van der Waals surface area contributed by atoms with E-state index < -0.39 is 0 Å². The van der Waals surface area contributed by atoms with E-state index in [1.54, 1.807) is 6.20 Å². The summed E-state index contributed by atoms with van der Waals surface area (Å²) in [7, 11) is 0. The monoisotopic (exact) mass is 347 g/mol. The summed E-state index contributed by atoms with van der Waals surface area (Å²) in [4.78, 5) is 14.7. The summed E-state index contributed by atoms with van der Waals surface area (Å²) >= 11 is 0. The summed E-state index contributed by atoms with van der Waals surface area (Å²) in [5, 5.41) is 11.5. The summed E-state index contributed by atoms with van der Waals surface area (Å²) in [5.41, 5.74) is 1.05. The molecule has 1 amide bonds. The molecule has 0 aromatic carbocycles. The third kappa shape index (κ3) is 4.03. The number of ether oxygens (including phenoxy) is 1. The summed E-state index contributed by atoms with van der Waals surface area (Å²) in [6.45, 7) is 3.30. The smallest absolute Gasteiger partial charge is 0.221 e. The number of carbonyl (C=O) groups excluding carboxylic acids is 1. The van der Waals surface area contributed by atoms with Gasteiger partial charge in [0, 0.05) is 32.1 Å². The number of likely N-dealkylation sites (tertiary alicyclic amines) is 1. The highest BCUT2D eigenvalue weighted by molar-refractivity contribution is 5.76. The topological polar surface area (TPSA) is 72.3 Å². The quantitative estimate of drug-likeness (QED) is 0.839. The van der Waals surface area contributed by atoms with Crippen LogP contribution in [0.4, 0.5) is 0 Å². The molecule has 4 rings (SSSR count). The molecule has 7 nitrogen and oxygen atoms in total. The number of rotatable bonds is 4. The Morgan fingerprint density at radius 2 is 2.08 bits per heavy atom. The van der Waals surface area contributed by atoms with Crippen molar-refractivity contribution in [3.63, 3.8) is 0 Å². The van der Waals surface area contributed by atoms with Gasteiger partial charge in [-0.3, -0.25) is 4.79 Å². The average Bonchev–Trinajstić information content (AvgIpc) is 2.98. The van der Waals surface area contributed by atoms with Crippen molar-refractivity contribution >= 4 is 5.91 Å². The zero-order chi connectivity index (χ0) is 17.1. The minimum atomic E-state index is 0.204. The summed E-state index contributed by atoms with van der Waals surface area (Å²) in [6, 6.07) is 0.620. The third-order valence-electron chi connectivity index (χ3n) is 5.89. The standard InChI is InChI=1S/C18H29N5O2/c24-18(20-14-5-3-1-2-4-6-14)8-10-22-9-7-17-16(12-22)23-15(13-25-17)11-19-21-23/h11,14,16-17H,1-10,12-13H2,(H,20,24)/t16-,17-/m0/s1. The fraction of sp³-hybridized carbons (Fsp3) is 0.833. The zero-order valence-corrected chi connectivity index (χ0v) is 14.9. The van der Waals surface area contributed by atoms with Gasteiger partial charge in [0.25, 0.3) is 0 Å². The predicted molar refractivity (Wildman–Crippen MR) is 92.9 cm³/mol. The van der Waals surface area contributed by atoms with E-state index in [-0.39, 0.29) is 18.1 Å². The number of aromatic nitrogens is 3. The van der Waals surface area contributed by atoms with Gasteiger partial charge in [-0.2, -0.15) is 0 Å². The van der Waals surface area contributed by atoms with Gasteiger partial charge in [0.2, 0.25) is 5.91 Å². The molecule has 0 spiro atoms. The van der Waals surface area contributed by atoms with Gasteiger partial charge in [-0.1, -0.05) is 30.9 Å². The summed E-state index contributed by atoms with van der Waals surface area (Å²) in [6.07, 6.45) is 11.0. The predicted octanol–water partition coefficient (Wildman–Crippen LogP) is 1.65. The Balaban J connectivity index is 1.26. The number of nitrogens with one attached hydrogen (secondary N) is 1. The molecule has 25 heavy (non-hydrogen) atoms. The van der Waals surface area contributed by atoms with Crippen LogP contribution in [-0.4, -0.2) is 57.6 Å². The van der Waals surface area contributed by atoms with Crippen LogP contribution in [0.1, 0.15) is 63.1 Å². The molecule has 0 unspecified atom stereocenters. The fourth-order valence-corrected chi connectivity index (χ4v) is 4.43. The zero-order valence-electron chi connectivity index (χ0n) is 14.9. The highest BCUT2D eigenvalue weighted by Gasteiger charge is 2.36. The van der Waals surface area contributed by atoms with Crippen molar-refractivity contribution in [2.24, 2.45) is 0 Å². The Morgan fingerprint density at radius 3 is 2.92 bits per heavy atom. The van der Waals surface area contributed by atoms with Crippen LogP contribution in [0.3, 0.4) is 0 Å². The molecule has 3 heterocycles. The molecular formula is C18H29N5O2. The number of hydrogen-bond acceptors (Lipinski definition) is 5. The van der Waals surface area contributed by atoms with E-state index in [1.807, 2.05) is 4.68 Å². The maximum Gasteiger partial charge on any atom is 0.221 e. The highest BCUT2D eigenvalue weighted by Crippen LogP contribution is 2.29. The van der Waals surface area contributed by atoms with Gasteiger partial charge in [-0.05, 0) is 19.3 Å². The van der Waals surface area contributed by atoms with Gasteiger partial charge in [0.1, 0.15) is 0 Å². The van der Waals surface area contributed by atoms with E-state index in [9.17, 15) is 4.79 Å². The van der Waals surface area contributed by atoms with Crippen molar-refractivity contribution in [2.75, 3.05) is 19.6 Å². The van der Waals surface area contributed by atoms with Gasteiger partial charge in [-0.15, -0.1) is 5.10 Å². The van der Waals surface area contributed by atoms with Gasteiger partial charge >= 0.3 is 0 Å². The highest BCUT2D eigenvalue weighted by atomic mass is 16.5. The van der Waals surface area contributed by atoms with E-state index in [0.717, 1.165) is 44.6 Å². The Hall–Kier alpha value is -1.47. The van der Waals surface area contributed by atoms with Crippen LogP contribution in [-0.2, 0) is 16.1 Å². The number of carbonyl (C=O) groups is 1. The number of amides is 1. The van der Waals surface area contributed by atoms with Crippen LogP contribution < -0.4 is 5.32 Å². The molecule has 7 heteroatoms. The second-order valence-electron chi connectivity index (χ2n) is 7.68. The molecule has 1 aromatic heterocycles. The molecule has 1 N–H and O–H groups in total. The first-order chi connectivity index (χ1) is 12.3. The van der Waals surface area contributed by atoms with Crippen LogP contribution in [0.15, 0.2) is 6.20 Å². The van der Waals surface area contributed by atoms with E-state index >= 15 is 0 Å². The fourth-order valence-electron chi connectivity index (χ4n) is 4.43. The van der Waals surface area contributed by atoms with Crippen LogP contribution in [0.25, 0.3) is 0 Å². The maximum atomic E-state index is 12.3. The van der Waals surface area contributed by atoms with Crippen molar-refractivity contribution in [3.05, 3.63) is 11.9 Å². The second-order valence-corrected chi connectivity index (χ2v) is 7.68. The molecule has 0 radical (unpaired) electrons. The Morgan fingerprint density at radius 1 is 1.24 bits per heavy atom.